The summed E-state index contributed by atoms with van der Waals surface area (Å²) in [6.45, 7) is 1.13. The molecule has 1 aliphatic heterocycles. The van der Waals surface area contributed by atoms with Crippen molar-refractivity contribution in [3.8, 4) is 0 Å². The van der Waals surface area contributed by atoms with Crippen LogP contribution in [-0.2, 0) is 4.74 Å². The number of hydrogen-bond acceptors (Lipinski definition) is 3. The summed E-state index contributed by atoms with van der Waals surface area (Å²) in [6.07, 6.45) is 1.43. The summed E-state index contributed by atoms with van der Waals surface area (Å²) >= 11 is 5.61. The normalized spacial score (nSPS) is 17.0. The third kappa shape index (κ3) is 1.40. The summed E-state index contributed by atoms with van der Waals surface area (Å²) in [5.41, 5.74) is 0.0357. The Bertz CT molecular complexity index is 346. The molecule has 13 heavy (non-hydrogen) atoms. The molecule has 0 atom stereocenters. The quantitative estimate of drug-likeness (QED) is 0.771. The average Bonchev–Trinajstić information content (AvgIpc) is 2.27. The maximum Gasteiger partial charge on any atom is 0.340 e. The first-order valence-corrected chi connectivity index (χ1v) is 4.12. The number of carboxylic acid groups (broad SMARTS) is 1. The van der Waals surface area contributed by atoms with Gasteiger partial charge in [-0.1, -0.05) is 11.6 Å². The minimum Gasteiger partial charge on any atom is -0.478 e. The maximum absolute atomic E-state index is 10.6. The molecule has 2 heterocycles. The summed E-state index contributed by atoms with van der Waals surface area (Å²) in [5.74, 6) is -1.06. The second kappa shape index (κ2) is 3.01. The molecule has 2 rings (SSSR count). The molecule has 0 saturated carbocycles. The van der Waals surface area contributed by atoms with Crippen LogP contribution in [0.4, 0.5) is 0 Å². The maximum atomic E-state index is 10.6. The zero-order valence-electron chi connectivity index (χ0n) is 6.61. The Labute approximate surface area is 78.9 Å². The highest BCUT2D eigenvalue weighted by Crippen LogP contribution is 2.20. The van der Waals surface area contributed by atoms with Crippen molar-refractivity contribution in [2.24, 2.45) is 0 Å². The Kier molecular flexibility index (Phi) is 1.97. The van der Waals surface area contributed by atoms with Gasteiger partial charge < -0.3 is 9.84 Å². The molecule has 1 aromatic rings. The van der Waals surface area contributed by atoms with Crippen LogP contribution in [0.1, 0.15) is 16.4 Å². The van der Waals surface area contributed by atoms with Crippen LogP contribution < -0.4 is 0 Å². The fourth-order valence-electron chi connectivity index (χ4n) is 1.08. The lowest BCUT2D eigenvalue weighted by molar-refractivity contribution is -0.0286. The van der Waals surface area contributed by atoms with Gasteiger partial charge in [0.15, 0.2) is 5.15 Å². The molecule has 0 aliphatic carbocycles. The number of nitrogens with zero attached hydrogens (tertiary/aromatic N) is 2. The first kappa shape index (κ1) is 8.52. The van der Waals surface area contributed by atoms with Gasteiger partial charge in [0.1, 0.15) is 5.56 Å². The molecule has 5 nitrogen and oxygen atoms in total. The van der Waals surface area contributed by atoms with Crippen molar-refractivity contribution in [1.29, 1.82) is 0 Å². The summed E-state index contributed by atoms with van der Waals surface area (Å²) in [4.78, 5) is 10.6. The zero-order chi connectivity index (χ0) is 9.42. The molecule has 6 heteroatoms. The van der Waals surface area contributed by atoms with Gasteiger partial charge in [-0.15, -0.1) is 0 Å². The van der Waals surface area contributed by atoms with E-state index < -0.39 is 5.97 Å². The van der Waals surface area contributed by atoms with E-state index in [2.05, 4.69) is 5.10 Å². The summed E-state index contributed by atoms with van der Waals surface area (Å²) < 4.78 is 6.48. The van der Waals surface area contributed by atoms with Crippen molar-refractivity contribution in [2.45, 2.75) is 6.04 Å². The van der Waals surface area contributed by atoms with Gasteiger partial charge in [-0.25, -0.2) is 4.79 Å². The molecular weight excluding hydrogens is 196 g/mol. The van der Waals surface area contributed by atoms with Crippen LogP contribution in [0.25, 0.3) is 0 Å². The van der Waals surface area contributed by atoms with Crippen molar-refractivity contribution >= 4 is 17.6 Å². The summed E-state index contributed by atoms with van der Waals surface area (Å²) in [5, 5.41) is 12.6. The van der Waals surface area contributed by atoms with Crippen LogP contribution in [0.3, 0.4) is 0 Å². The first-order valence-electron chi connectivity index (χ1n) is 3.74. The Morgan fingerprint density at radius 1 is 1.77 bits per heavy atom. The highest BCUT2D eigenvalue weighted by Gasteiger charge is 2.24. The Morgan fingerprint density at radius 3 is 2.85 bits per heavy atom. The minimum atomic E-state index is -1.06. The molecule has 0 unspecified atom stereocenters. The van der Waals surface area contributed by atoms with Crippen LogP contribution in [-0.4, -0.2) is 34.1 Å². The van der Waals surface area contributed by atoms with Gasteiger partial charge in [0.2, 0.25) is 0 Å². The number of halogens is 1. The molecule has 1 saturated heterocycles. The fourth-order valence-corrected chi connectivity index (χ4v) is 1.29. The van der Waals surface area contributed by atoms with Gasteiger partial charge in [-0.05, 0) is 0 Å². The molecule has 1 aliphatic rings. The van der Waals surface area contributed by atoms with Crippen LogP contribution >= 0.6 is 11.6 Å². The van der Waals surface area contributed by atoms with E-state index in [9.17, 15) is 4.79 Å². The van der Waals surface area contributed by atoms with E-state index in [4.69, 9.17) is 21.4 Å². The number of aromatic carboxylic acids is 1. The van der Waals surface area contributed by atoms with Crippen molar-refractivity contribution in [2.75, 3.05) is 13.2 Å². The van der Waals surface area contributed by atoms with Crippen molar-refractivity contribution < 1.29 is 14.6 Å². The van der Waals surface area contributed by atoms with E-state index in [0.717, 1.165) is 0 Å². The Morgan fingerprint density at radius 2 is 2.46 bits per heavy atom. The second-order valence-corrected chi connectivity index (χ2v) is 3.17. The molecule has 1 N–H and O–H groups in total. The molecule has 1 fully saturated rings. The second-order valence-electron chi connectivity index (χ2n) is 2.81. The molecule has 0 aromatic carbocycles. The van der Waals surface area contributed by atoms with Gasteiger partial charge >= 0.3 is 5.97 Å². The van der Waals surface area contributed by atoms with Gasteiger partial charge in [0.25, 0.3) is 0 Å². The van der Waals surface area contributed by atoms with E-state index in [0.29, 0.717) is 13.2 Å². The topological polar surface area (TPSA) is 64.3 Å². The monoisotopic (exact) mass is 202 g/mol. The Balaban J connectivity index is 2.28. The van der Waals surface area contributed by atoms with Gasteiger partial charge in [0.05, 0.1) is 19.3 Å². The van der Waals surface area contributed by atoms with E-state index in [-0.39, 0.29) is 16.8 Å². The number of aromatic nitrogens is 2. The van der Waals surface area contributed by atoms with Gasteiger partial charge in [0, 0.05) is 6.20 Å². The lowest BCUT2D eigenvalue weighted by Gasteiger charge is -2.25. The van der Waals surface area contributed by atoms with Crippen molar-refractivity contribution in [1.82, 2.24) is 9.78 Å². The summed E-state index contributed by atoms with van der Waals surface area (Å²) in [7, 11) is 0. The smallest absolute Gasteiger partial charge is 0.340 e. The highest BCUT2D eigenvalue weighted by atomic mass is 35.5. The van der Waals surface area contributed by atoms with Crippen LogP contribution in [0.15, 0.2) is 6.20 Å². The fraction of sp³-hybridized carbons (Fsp3) is 0.429. The number of carboxylic acids is 1. The molecule has 0 bridgehead atoms. The lowest BCUT2D eigenvalue weighted by atomic mass is 10.3. The van der Waals surface area contributed by atoms with E-state index in [1.807, 2.05) is 0 Å². The van der Waals surface area contributed by atoms with Gasteiger partial charge in [-0.2, -0.15) is 5.10 Å². The third-order valence-corrected chi connectivity index (χ3v) is 2.19. The summed E-state index contributed by atoms with van der Waals surface area (Å²) in [6, 6.07) is 0.130. The van der Waals surface area contributed by atoms with Gasteiger partial charge in [-0.3, -0.25) is 4.68 Å². The lowest BCUT2D eigenvalue weighted by Crippen LogP contribution is -2.30. The molecule has 1 aromatic heterocycles. The molecule has 0 amide bonds. The van der Waals surface area contributed by atoms with Crippen molar-refractivity contribution in [3.05, 3.63) is 16.9 Å². The standard InChI is InChI=1S/C7H7ClN2O3/c8-6-5(7(11)12)1-10(9-6)4-2-13-3-4/h1,4H,2-3H2,(H,11,12). The molecule has 0 spiro atoms. The predicted molar refractivity (Wildman–Crippen MR) is 44.1 cm³/mol. The van der Waals surface area contributed by atoms with E-state index in [1.165, 1.54) is 10.9 Å². The zero-order valence-corrected chi connectivity index (χ0v) is 7.36. The minimum absolute atomic E-state index is 0.0272. The average molecular weight is 203 g/mol. The van der Waals surface area contributed by atoms with Crippen LogP contribution in [0.2, 0.25) is 5.15 Å². The number of carbonyl (C=O) groups is 1. The number of rotatable bonds is 2. The van der Waals surface area contributed by atoms with Crippen molar-refractivity contribution in [3.63, 3.8) is 0 Å². The van der Waals surface area contributed by atoms with E-state index in [1.54, 1.807) is 0 Å². The largest absolute Gasteiger partial charge is 0.478 e. The highest BCUT2D eigenvalue weighted by molar-refractivity contribution is 6.32. The van der Waals surface area contributed by atoms with E-state index >= 15 is 0 Å². The van der Waals surface area contributed by atoms with Crippen LogP contribution in [0.5, 0.6) is 0 Å². The number of ether oxygens (including phenoxy) is 1. The molecule has 0 radical (unpaired) electrons. The third-order valence-electron chi connectivity index (χ3n) is 1.91. The predicted octanol–water partition coefficient (Wildman–Crippen LogP) is 0.806. The Hall–Kier alpha value is -1.07. The first-order chi connectivity index (χ1) is 6.18. The number of hydrogen-bond donors (Lipinski definition) is 1. The van der Waals surface area contributed by atoms with Crippen LogP contribution in [0, 0.1) is 0 Å². The SMILES string of the molecule is O=C(O)c1cn(C2COC2)nc1Cl. The molecule has 70 valence electrons. The molecular formula is C7H7ClN2O3.